The number of sulfonamides is 1. The SMILES string of the molecule is CCS(=O)(=O)N1CCC(OCCC2CC2C2CCN(c3ncc(Cl)cn3)CC2)C1. The van der Waals surface area contributed by atoms with Gasteiger partial charge in [0.2, 0.25) is 16.0 Å². The first kappa shape index (κ1) is 21.3. The zero-order chi connectivity index (χ0) is 20.4. The van der Waals surface area contributed by atoms with E-state index in [1.165, 1.54) is 19.3 Å². The molecule has 4 rings (SSSR count). The fraction of sp³-hybridized carbons (Fsp3) is 0.800. The molecule has 0 aromatic carbocycles. The molecule has 2 aliphatic heterocycles. The van der Waals surface area contributed by atoms with Crippen molar-refractivity contribution in [3.63, 3.8) is 0 Å². The van der Waals surface area contributed by atoms with Gasteiger partial charge < -0.3 is 9.64 Å². The van der Waals surface area contributed by atoms with Gasteiger partial charge in [0.25, 0.3) is 0 Å². The summed E-state index contributed by atoms with van der Waals surface area (Å²) in [7, 11) is -3.08. The first-order valence-corrected chi connectivity index (χ1v) is 12.8. The van der Waals surface area contributed by atoms with Gasteiger partial charge in [-0.1, -0.05) is 11.6 Å². The van der Waals surface area contributed by atoms with Crippen LogP contribution in [0.15, 0.2) is 12.4 Å². The lowest BCUT2D eigenvalue weighted by Crippen LogP contribution is -2.35. The van der Waals surface area contributed by atoms with E-state index in [-0.39, 0.29) is 11.9 Å². The normalized spacial score (nSPS) is 28.8. The van der Waals surface area contributed by atoms with Gasteiger partial charge in [-0.05, 0) is 56.8 Å². The van der Waals surface area contributed by atoms with Gasteiger partial charge in [-0.3, -0.25) is 0 Å². The summed E-state index contributed by atoms with van der Waals surface area (Å²) in [5.74, 6) is 3.35. The lowest BCUT2D eigenvalue weighted by molar-refractivity contribution is 0.0582. The molecule has 162 valence electrons. The monoisotopic (exact) mass is 442 g/mol. The van der Waals surface area contributed by atoms with Gasteiger partial charge in [0.15, 0.2) is 0 Å². The third kappa shape index (κ3) is 5.21. The number of halogens is 1. The molecule has 3 atom stereocenters. The minimum Gasteiger partial charge on any atom is -0.377 e. The molecule has 29 heavy (non-hydrogen) atoms. The summed E-state index contributed by atoms with van der Waals surface area (Å²) in [5, 5.41) is 0.573. The maximum absolute atomic E-state index is 11.9. The van der Waals surface area contributed by atoms with E-state index >= 15 is 0 Å². The van der Waals surface area contributed by atoms with Crippen LogP contribution in [0.4, 0.5) is 5.95 Å². The van der Waals surface area contributed by atoms with Gasteiger partial charge in [-0.25, -0.2) is 18.4 Å². The van der Waals surface area contributed by atoms with Gasteiger partial charge in [0.05, 0.1) is 29.3 Å². The van der Waals surface area contributed by atoms with Crippen LogP contribution in [0.25, 0.3) is 0 Å². The average Bonchev–Trinajstić information content (AvgIpc) is 3.34. The van der Waals surface area contributed by atoms with Gasteiger partial charge in [0.1, 0.15) is 0 Å². The number of nitrogens with zero attached hydrogens (tertiary/aromatic N) is 4. The molecular formula is C20H31ClN4O3S. The number of hydrogen-bond acceptors (Lipinski definition) is 6. The number of piperidine rings is 1. The summed E-state index contributed by atoms with van der Waals surface area (Å²) in [6.45, 7) is 5.59. The number of anilines is 1. The van der Waals surface area contributed by atoms with E-state index in [0.717, 1.165) is 56.2 Å². The van der Waals surface area contributed by atoms with Crippen molar-refractivity contribution in [2.24, 2.45) is 17.8 Å². The van der Waals surface area contributed by atoms with Crippen LogP contribution in [0.5, 0.6) is 0 Å². The molecule has 0 bridgehead atoms. The maximum atomic E-state index is 11.9. The molecule has 3 heterocycles. The standard InChI is InChI=1S/C20H31ClN4O3S/c1-2-29(26,27)25-9-5-18(14-25)28-10-6-16-11-19(16)15-3-7-24(8-4-15)20-22-12-17(21)13-23-20/h12-13,15-16,18-19H,2-11,14H2,1H3. The Bertz CT molecular complexity index is 783. The van der Waals surface area contributed by atoms with Gasteiger partial charge in [-0.2, -0.15) is 4.31 Å². The predicted molar refractivity (Wildman–Crippen MR) is 114 cm³/mol. The average molecular weight is 443 g/mol. The molecular weight excluding hydrogens is 412 g/mol. The Hall–Kier alpha value is -0.960. The second-order valence-corrected chi connectivity index (χ2v) is 11.2. The third-order valence-electron chi connectivity index (χ3n) is 6.72. The number of ether oxygens (including phenoxy) is 1. The molecule has 0 amide bonds. The van der Waals surface area contributed by atoms with Crippen LogP contribution in [0, 0.1) is 17.8 Å². The highest BCUT2D eigenvalue weighted by atomic mass is 35.5. The van der Waals surface area contributed by atoms with Crippen molar-refractivity contribution < 1.29 is 13.2 Å². The summed E-state index contributed by atoms with van der Waals surface area (Å²) >= 11 is 5.87. The molecule has 3 unspecified atom stereocenters. The van der Waals surface area contributed by atoms with E-state index < -0.39 is 10.0 Å². The number of aromatic nitrogens is 2. The molecule has 7 nitrogen and oxygen atoms in total. The molecule has 1 saturated carbocycles. The molecule has 0 spiro atoms. The molecule has 0 N–H and O–H groups in total. The van der Waals surface area contributed by atoms with Crippen LogP contribution in [0.2, 0.25) is 5.02 Å². The quantitative estimate of drug-likeness (QED) is 0.616. The topological polar surface area (TPSA) is 75.6 Å². The van der Waals surface area contributed by atoms with Crippen LogP contribution in [0.1, 0.15) is 39.0 Å². The fourth-order valence-electron chi connectivity index (χ4n) is 4.83. The Labute approximate surface area is 178 Å². The van der Waals surface area contributed by atoms with Gasteiger partial charge in [-0.15, -0.1) is 0 Å². The Balaban J connectivity index is 1.13. The smallest absolute Gasteiger partial charge is 0.225 e. The lowest BCUT2D eigenvalue weighted by Gasteiger charge is -2.32. The van der Waals surface area contributed by atoms with Crippen LogP contribution in [-0.4, -0.2) is 67.3 Å². The molecule has 1 aromatic heterocycles. The molecule has 2 saturated heterocycles. The maximum Gasteiger partial charge on any atom is 0.225 e. The first-order chi connectivity index (χ1) is 14.0. The minimum atomic E-state index is -3.08. The van der Waals surface area contributed by atoms with E-state index in [2.05, 4.69) is 14.9 Å². The van der Waals surface area contributed by atoms with Crippen molar-refractivity contribution in [1.29, 1.82) is 0 Å². The first-order valence-electron chi connectivity index (χ1n) is 10.8. The summed E-state index contributed by atoms with van der Waals surface area (Å²) < 4.78 is 31.5. The summed E-state index contributed by atoms with van der Waals surface area (Å²) in [6.07, 6.45) is 9.01. The van der Waals surface area contributed by atoms with Gasteiger partial charge >= 0.3 is 0 Å². The Kier molecular flexibility index (Phi) is 6.63. The minimum absolute atomic E-state index is 0.0659. The van der Waals surface area contributed by atoms with Crippen molar-refractivity contribution >= 4 is 27.6 Å². The highest BCUT2D eigenvalue weighted by molar-refractivity contribution is 7.89. The Morgan fingerprint density at radius 2 is 1.90 bits per heavy atom. The fourth-order valence-corrected chi connectivity index (χ4v) is 6.07. The van der Waals surface area contributed by atoms with Crippen LogP contribution >= 0.6 is 11.6 Å². The van der Waals surface area contributed by atoms with Crippen molar-refractivity contribution in [3.8, 4) is 0 Å². The molecule has 1 aliphatic carbocycles. The largest absolute Gasteiger partial charge is 0.377 e. The van der Waals surface area contributed by atoms with Crippen LogP contribution in [-0.2, 0) is 14.8 Å². The van der Waals surface area contributed by atoms with E-state index in [0.29, 0.717) is 18.1 Å². The molecule has 9 heteroatoms. The molecule has 0 radical (unpaired) electrons. The summed E-state index contributed by atoms with van der Waals surface area (Å²) in [5.41, 5.74) is 0. The van der Waals surface area contributed by atoms with Crippen molar-refractivity contribution in [2.75, 3.05) is 43.4 Å². The third-order valence-corrected chi connectivity index (χ3v) is 8.76. The van der Waals surface area contributed by atoms with E-state index in [4.69, 9.17) is 16.3 Å². The second kappa shape index (κ2) is 9.04. The Morgan fingerprint density at radius 1 is 1.17 bits per heavy atom. The highest BCUT2D eigenvalue weighted by Crippen LogP contribution is 2.49. The van der Waals surface area contributed by atoms with Crippen molar-refractivity contribution in [3.05, 3.63) is 17.4 Å². The van der Waals surface area contributed by atoms with Crippen LogP contribution < -0.4 is 4.90 Å². The highest BCUT2D eigenvalue weighted by Gasteiger charge is 2.43. The molecule has 3 fully saturated rings. The molecule has 3 aliphatic rings. The van der Waals surface area contributed by atoms with Gasteiger partial charge in [0, 0.05) is 32.8 Å². The zero-order valence-electron chi connectivity index (χ0n) is 17.0. The number of rotatable bonds is 8. The molecule has 1 aromatic rings. The Morgan fingerprint density at radius 3 is 2.59 bits per heavy atom. The van der Waals surface area contributed by atoms with E-state index in [1.807, 2.05) is 0 Å². The predicted octanol–water partition coefficient (Wildman–Crippen LogP) is 2.81. The summed E-state index contributed by atoms with van der Waals surface area (Å²) in [4.78, 5) is 10.9. The lowest BCUT2D eigenvalue weighted by atomic mass is 9.90. The summed E-state index contributed by atoms with van der Waals surface area (Å²) in [6, 6.07) is 0. The zero-order valence-corrected chi connectivity index (χ0v) is 18.6. The van der Waals surface area contributed by atoms with Crippen molar-refractivity contribution in [2.45, 2.75) is 45.1 Å². The van der Waals surface area contributed by atoms with E-state index in [1.54, 1.807) is 23.6 Å². The number of hydrogen-bond donors (Lipinski definition) is 0. The van der Waals surface area contributed by atoms with Crippen LogP contribution in [0.3, 0.4) is 0 Å². The van der Waals surface area contributed by atoms with E-state index in [9.17, 15) is 8.42 Å². The van der Waals surface area contributed by atoms with Crippen molar-refractivity contribution in [1.82, 2.24) is 14.3 Å². The second-order valence-electron chi connectivity index (χ2n) is 8.51.